The maximum absolute atomic E-state index is 10.8. The molecule has 24 heavy (non-hydrogen) atoms. The predicted octanol–water partition coefficient (Wildman–Crippen LogP) is 4.43. The van der Waals surface area contributed by atoms with E-state index in [4.69, 9.17) is 0 Å². The number of rotatable bonds is 2. The number of nitrogens with one attached hydrogen (secondary N) is 1. The maximum atomic E-state index is 10.8. The maximum Gasteiger partial charge on any atom is 0.0791 e. The summed E-state index contributed by atoms with van der Waals surface area (Å²) in [4.78, 5) is 4.42. The van der Waals surface area contributed by atoms with Gasteiger partial charge in [0.1, 0.15) is 0 Å². The molecule has 2 unspecified atom stereocenters. The van der Waals surface area contributed by atoms with Crippen molar-refractivity contribution in [1.82, 2.24) is 4.98 Å². The second-order valence-electron chi connectivity index (χ2n) is 7.24. The molecule has 3 heteroatoms. The fourth-order valence-electron chi connectivity index (χ4n) is 3.91. The second-order valence-corrected chi connectivity index (χ2v) is 7.24. The Labute approximate surface area is 142 Å². The highest BCUT2D eigenvalue weighted by molar-refractivity contribution is 5.91. The van der Waals surface area contributed by atoms with Gasteiger partial charge in [0.05, 0.1) is 17.7 Å². The SMILES string of the molecule is CC1(C)CC(O)C(Nc2cccc3ncccc23)c2ccccc21. The van der Waals surface area contributed by atoms with Gasteiger partial charge in [0.2, 0.25) is 0 Å². The summed E-state index contributed by atoms with van der Waals surface area (Å²) < 4.78 is 0. The molecule has 1 aromatic heterocycles. The summed E-state index contributed by atoms with van der Waals surface area (Å²) in [5, 5.41) is 15.5. The van der Waals surface area contributed by atoms with E-state index in [0.29, 0.717) is 0 Å². The normalized spacial score (nSPS) is 22.1. The molecule has 1 aliphatic carbocycles. The standard InChI is InChI=1S/C21H22N2O/c1-21(2)13-19(24)20(14-7-3-4-9-16(14)21)23-18-11-5-10-17-15(18)8-6-12-22-17/h3-12,19-20,23-24H,13H2,1-2H3. The van der Waals surface area contributed by atoms with Crippen molar-refractivity contribution in [2.45, 2.75) is 37.8 Å². The highest BCUT2D eigenvalue weighted by Gasteiger charge is 2.38. The third-order valence-electron chi connectivity index (χ3n) is 5.09. The molecule has 0 amide bonds. The quantitative estimate of drug-likeness (QED) is 0.734. The Balaban J connectivity index is 1.79. The van der Waals surface area contributed by atoms with E-state index >= 15 is 0 Å². The molecule has 4 rings (SSSR count). The monoisotopic (exact) mass is 318 g/mol. The molecule has 3 aromatic rings. The summed E-state index contributed by atoms with van der Waals surface area (Å²) in [5.74, 6) is 0. The number of nitrogens with zero attached hydrogens (tertiary/aromatic N) is 1. The summed E-state index contributed by atoms with van der Waals surface area (Å²) in [6.45, 7) is 4.40. The van der Waals surface area contributed by atoms with Gasteiger partial charge < -0.3 is 10.4 Å². The van der Waals surface area contributed by atoms with Gasteiger partial charge in [0.25, 0.3) is 0 Å². The van der Waals surface area contributed by atoms with Crippen LogP contribution in [0.25, 0.3) is 10.9 Å². The topological polar surface area (TPSA) is 45.1 Å². The Morgan fingerprint density at radius 1 is 1.04 bits per heavy atom. The number of aliphatic hydroxyl groups excluding tert-OH is 1. The van der Waals surface area contributed by atoms with Crippen molar-refractivity contribution in [1.29, 1.82) is 0 Å². The van der Waals surface area contributed by atoms with E-state index in [-0.39, 0.29) is 11.5 Å². The van der Waals surface area contributed by atoms with Crippen LogP contribution in [0.5, 0.6) is 0 Å². The summed E-state index contributed by atoms with van der Waals surface area (Å²) in [6, 6.07) is 18.4. The summed E-state index contributed by atoms with van der Waals surface area (Å²) in [5.41, 5.74) is 4.45. The van der Waals surface area contributed by atoms with E-state index in [0.717, 1.165) is 23.0 Å². The summed E-state index contributed by atoms with van der Waals surface area (Å²) >= 11 is 0. The first-order valence-electron chi connectivity index (χ1n) is 8.44. The third-order valence-corrected chi connectivity index (χ3v) is 5.09. The number of hydrogen-bond acceptors (Lipinski definition) is 3. The zero-order valence-electron chi connectivity index (χ0n) is 14.0. The molecule has 2 aromatic carbocycles. The molecular formula is C21H22N2O. The highest BCUT2D eigenvalue weighted by Crippen LogP contribution is 2.43. The third kappa shape index (κ3) is 2.45. The average molecular weight is 318 g/mol. The van der Waals surface area contributed by atoms with Crippen LogP contribution in [-0.4, -0.2) is 16.2 Å². The largest absolute Gasteiger partial charge is 0.391 e. The molecule has 0 saturated heterocycles. The van der Waals surface area contributed by atoms with Crippen LogP contribution in [0, 0.1) is 0 Å². The van der Waals surface area contributed by atoms with Crippen LogP contribution >= 0.6 is 0 Å². The fourth-order valence-corrected chi connectivity index (χ4v) is 3.91. The number of fused-ring (bicyclic) bond motifs is 2. The van der Waals surface area contributed by atoms with Crippen LogP contribution < -0.4 is 5.32 Å². The van der Waals surface area contributed by atoms with Crippen LogP contribution in [-0.2, 0) is 5.41 Å². The van der Waals surface area contributed by atoms with Crippen molar-refractivity contribution >= 4 is 16.6 Å². The fraction of sp³-hybridized carbons (Fsp3) is 0.286. The van der Waals surface area contributed by atoms with Crippen molar-refractivity contribution < 1.29 is 5.11 Å². The molecule has 1 heterocycles. The van der Waals surface area contributed by atoms with Crippen LogP contribution in [0.3, 0.4) is 0 Å². The predicted molar refractivity (Wildman–Crippen MR) is 98.2 cm³/mol. The van der Waals surface area contributed by atoms with Gasteiger partial charge in [0.15, 0.2) is 0 Å². The molecule has 3 nitrogen and oxygen atoms in total. The van der Waals surface area contributed by atoms with E-state index in [2.05, 4.69) is 54.5 Å². The molecule has 0 saturated carbocycles. The first-order chi connectivity index (χ1) is 11.6. The Morgan fingerprint density at radius 3 is 2.75 bits per heavy atom. The number of hydrogen-bond donors (Lipinski definition) is 2. The van der Waals surface area contributed by atoms with Crippen LogP contribution in [0.15, 0.2) is 60.8 Å². The average Bonchev–Trinajstić information content (AvgIpc) is 2.58. The minimum absolute atomic E-state index is 0.0193. The molecule has 0 fully saturated rings. The Morgan fingerprint density at radius 2 is 1.88 bits per heavy atom. The number of anilines is 1. The van der Waals surface area contributed by atoms with Crippen LogP contribution in [0.2, 0.25) is 0 Å². The van der Waals surface area contributed by atoms with Crippen LogP contribution in [0.4, 0.5) is 5.69 Å². The zero-order valence-corrected chi connectivity index (χ0v) is 14.0. The lowest BCUT2D eigenvalue weighted by molar-refractivity contribution is 0.107. The van der Waals surface area contributed by atoms with Crippen molar-refractivity contribution in [2.75, 3.05) is 5.32 Å². The molecule has 2 N–H and O–H groups in total. The number of aliphatic hydroxyl groups is 1. The molecule has 0 spiro atoms. The summed E-state index contributed by atoms with van der Waals surface area (Å²) in [7, 11) is 0. The molecule has 0 radical (unpaired) electrons. The van der Waals surface area contributed by atoms with Gasteiger partial charge in [-0.3, -0.25) is 4.98 Å². The van der Waals surface area contributed by atoms with Crippen molar-refractivity contribution in [3.63, 3.8) is 0 Å². The smallest absolute Gasteiger partial charge is 0.0791 e. The lowest BCUT2D eigenvalue weighted by atomic mass is 9.69. The van der Waals surface area contributed by atoms with E-state index in [9.17, 15) is 5.11 Å². The lowest BCUT2D eigenvalue weighted by Crippen LogP contribution is -2.39. The van der Waals surface area contributed by atoms with Gasteiger partial charge in [-0.1, -0.05) is 44.2 Å². The number of benzene rings is 2. The zero-order chi connectivity index (χ0) is 16.7. The van der Waals surface area contributed by atoms with Gasteiger partial charge >= 0.3 is 0 Å². The van der Waals surface area contributed by atoms with E-state index in [1.54, 1.807) is 6.20 Å². The number of pyridine rings is 1. The molecule has 122 valence electrons. The van der Waals surface area contributed by atoms with Gasteiger partial charge in [-0.15, -0.1) is 0 Å². The second kappa shape index (κ2) is 5.60. The van der Waals surface area contributed by atoms with Crippen LogP contribution in [0.1, 0.15) is 37.4 Å². The molecule has 1 aliphatic rings. The van der Waals surface area contributed by atoms with Crippen molar-refractivity contribution in [3.05, 3.63) is 71.9 Å². The molecule has 0 bridgehead atoms. The molecule has 0 aliphatic heterocycles. The Kier molecular flexibility index (Phi) is 3.54. The number of aromatic nitrogens is 1. The van der Waals surface area contributed by atoms with Crippen molar-refractivity contribution in [2.24, 2.45) is 0 Å². The minimum Gasteiger partial charge on any atom is -0.391 e. The summed E-state index contributed by atoms with van der Waals surface area (Å²) in [6.07, 6.45) is 2.12. The van der Waals surface area contributed by atoms with Crippen molar-refractivity contribution in [3.8, 4) is 0 Å². The molecule has 2 atom stereocenters. The van der Waals surface area contributed by atoms with Gasteiger partial charge in [-0.25, -0.2) is 0 Å². The van der Waals surface area contributed by atoms with Gasteiger partial charge in [-0.2, -0.15) is 0 Å². The van der Waals surface area contributed by atoms with Gasteiger partial charge in [0, 0.05) is 17.3 Å². The van der Waals surface area contributed by atoms with E-state index in [1.807, 2.05) is 24.3 Å². The van der Waals surface area contributed by atoms with E-state index < -0.39 is 6.10 Å². The van der Waals surface area contributed by atoms with Gasteiger partial charge in [-0.05, 0) is 47.2 Å². The molecular weight excluding hydrogens is 296 g/mol. The highest BCUT2D eigenvalue weighted by atomic mass is 16.3. The Bertz CT molecular complexity index is 882. The van der Waals surface area contributed by atoms with E-state index in [1.165, 1.54) is 11.1 Å². The first kappa shape index (κ1) is 15.2. The Hall–Kier alpha value is -2.39. The minimum atomic E-state index is -0.429. The lowest BCUT2D eigenvalue weighted by Gasteiger charge is -2.41. The first-order valence-corrected chi connectivity index (χ1v) is 8.44.